The molecule has 10 heteroatoms. The molecule has 1 saturated carbocycles. The van der Waals surface area contributed by atoms with Crippen molar-refractivity contribution in [3.8, 4) is 0 Å². The fourth-order valence-electron chi connectivity index (χ4n) is 3.32. The fourth-order valence-corrected chi connectivity index (χ4v) is 3.79. The Labute approximate surface area is 179 Å². The summed E-state index contributed by atoms with van der Waals surface area (Å²) >= 11 is 1.52. The minimum atomic E-state index is -0.841. The van der Waals surface area contributed by atoms with Crippen molar-refractivity contribution < 1.29 is 19.3 Å². The lowest BCUT2D eigenvalue weighted by atomic mass is 9.95. The molecule has 0 radical (unpaired) electrons. The highest BCUT2D eigenvalue weighted by molar-refractivity contribution is 7.98. The molecule has 1 atom stereocenters. The number of carbonyl (C=O) groups is 3. The van der Waals surface area contributed by atoms with Gasteiger partial charge in [-0.15, -0.1) is 0 Å². The number of non-ortho nitro benzene ring substituents is 1. The number of nitrogens with zero attached hydrogens (tertiary/aromatic N) is 1. The highest BCUT2D eigenvalue weighted by Gasteiger charge is 2.23. The van der Waals surface area contributed by atoms with E-state index in [0.29, 0.717) is 12.2 Å². The zero-order valence-corrected chi connectivity index (χ0v) is 17.8. The van der Waals surface area contributed by atoms with Crippen LogP contribution in [0.25, 0.3) is 0 Å². The quantitative estimate of drug-likeness (QED) is 0.380. The maximum absolute atomic E-state index is 12.6. The Balaban J connectivity index is 1.92. The summed E-state index contributed by atoms with van der Waals surface area (Å²) in [6.45, 7) is -0.155. The molecule has 0 aliphatic heterocycles. The summed E-state index contributed by atoms with van der Waals surface area (Å²) < 4.78 is 0. The van der Waals surface area contributed by atoms with Gasteiger partial charge in [-0.2, -0.15) is 11.8 Å². The van der Waals surface area contributed by atoms with Crippen molar-refractivity contribution in [3.05, 3.63) is 39.9 Å². The minimum Gasteiger partial charge on any atom is -0.352 e. The van der Waals surface area contributed by atoms with Crippen LogP contribution in [0.15, 0.2) is 24.3 Å². The fraction of sp³-hybridized carbons (Fsp3) is 0.550. The van der Waals surface area contributed by atoms with Crippen LogP contribution in [0.3, 0.4) is 0 Å². The van der Waals surface area contributed by atoms with Gasteiger partial charge >= 0.3 is 0 Å². The van der Waals surface area contributed by atoms with Crippen LogP contribution in [0, 0.1) is 10.1 Å². The third-order valence-electron chi connectivity index (χ3n) is 4.95. The molecule has 0 spiro atoms. The number of carbonyl (C=O) groups excluding carboxylic acids is 3. The minimum absolute atomic E-state index is 0.0983. The lowest BCUT2D eigenvalue weighted by molar-refractivity contribution is -0.384. The molecule has 1 unspecified atom stereocenters. The van der Waals surface area contributed by atoms with Crippen LogP contribution in [0.4, 0.5) is 5.69 Å². The normalized spacial score (nSPS) is 15.1. The van der Waals surface area contributed by atoms with Crippen molar-refractivity contribution in [2.75, 3.05) is 18.6 Å². The van der Waals surface area contributed by atoms with Crippen LogP contribution in [0.5, 0.6) is 0 Å². The first kappa shape index (κ1) is 23.7. The van der Waals surface area contributed by atoms with E-state index in [4.69, 9.17) is 0 Å². The van der Waals surface area contributed by atoms with Gasteiger partial charge in [0.2, 0.25) is 11.8 Å². The second kappa shape index (κ2) is 12.2. The van der Waals surface area contributed by atoms with Crippen LogP contribution in [-0.4, -0.2) is 53.3 Å². The number of hydrogen-bond donors (Lipinski definition) is 3. The van der Waals surface area contributed by atoms with Crippen molar-refractivity contribution in [2.45, 2.75) is 50.6 Å². The molecule has 164 valence electrons. The molecule has 2 rings (SSSR count). The lowest BCUT2D eigenvalue weighted by Gasteiger charge is -2.23. The topological polar surface area (TPSA) is 130 Å². The van der Waals surface area contributed by atoms with E-state index in [0.717, 1.165) is 31.7 Å². The molecule has 1 aliphatic rings. The molecule has 1 aliphatic carbocycles. The molecule has 3 amide bonds. The van der Waals surface area contributed by atoms with Gasteiger partial charge in [0, 0.05) is 23.7 Å². The maximum Gasteiger partial charge on any atom is 0.270 e. The summed E-state index contributed by atoms with van der Waals surface area (Å²) in [5, 5.41) is 19.0. The van der Waals surface area contributed by atoms with Gasteiger partial charge in [0.1, 0.15) is 6.04 Å². The van der Waals surface area contributed by atoms with Gasteiger partial charge in [-0.25, -0.2) is 0 Å². The number of nitro groups is 1. The molecular formula is C20H28N4O5S. The summed E-state index contributed by atoms with van der Waals surface area (Å²) in [5.41, 5.74) is -0.103. The number of benzene rings is 1. The molecule has 0 aromatic heterocycles. The van der Waals surface area contributed by atoms with Crippen molar-refractivity contribution in [3.63, 3.8) is 0 Å². The Morgan fingerprint density at radius 2 is 1.97 bits per heavy atom. The van der Waals surface area contributed by atoms with Gasteiger partial charge < -0.3 is 16.0 Å². The Bertz CT molecular complexity index is 767. The molecular weight excluding hydrogens is 408 g/mol. The predicted octanol–water partition coefficient (Wildman–Crippen LogP) is 2.01. The van der Waals surface area contributed by atoms with Crippen LogP contribution < -0.4 is 16.0 Å². The van der Waals surface area contributed by atoms with Gasteiger partial charge in [0.25, 0.3) is 11.6 Å². The first-order valence-corrected chi connectivity index (χ1v) is 11.4. The van der Waals surface area contributed by atoms with E-state index >= 15 is 0 Å². The van der Waals surface area contributed by atoms with Crippen molar-refractivity contribution in [1.29, 1.82) is 0 Å². The number of amides is 3. The zero-order valence-electron chi connectivity index (χ0n) is 17.0. The highest BCUT2D eigenvalue weighted by atomic mass is 32.2. The lowest BCUT2D eigenvalue weighted by Crippen LogP contribution is -2.50. The third kappa shape index (κ3) is 7.66. The van der Waals surface area contributed by atoms with E-state index in [9.17, 15) is 24.5 Å². The summed E-state index contributed by atoms with van der Waals surface area (Å²) in [6, 6.07) is 4.63. The SMILES string of the molecule is CSCCC(NC(=O)c1cccc([N+](=O)[O-])c1)C(=O)NCC(=O)NC1CCCCC1. The zero-order chi connectivity index (χ0) is 21.9. The standard InChI is InChI=1S/C20H28N4O5S/c1-30-11-10-17(23-19(26)14-6-5-9-16(12-14)24(28)29)20(27)21-13-18(25)22-15-7-3-2-4-8-15/h5-6,9,12,15,17H,2-4,7-8,10-11,13H2,1H3,(H,21,27)(H,22,25)(H,23,26). The molecule has 0 heterocycles. The largest absolute Gasteiger partial charge is 0.352 e. The molecule has 1 aromatic carbocycles. The second-order valence-corrected chi connectivity index (χ2v) is 8.22. The van der Waals surface area contributed by atoms with E-state index in [-0.39, 0.29) is 29.7 Å². The second-order valence-electron chi connectivity index (χ2n) is 7.24. The summed E-state index contributed by atoms with van der Waals surface area (Å²) in [7, 11) is 0. The highest BCUT2D eigenvalue weighted by Crippen LogP contribution is 2.17. The first-order chi connectivity index (χ1) is 14.4. The molecule has 0 bridgehead atoms. The molecule has 1 fully saturated rings. The average Bonchev–Trinajstić information content (AvgIpc) is 2.75. The van der Waals surface area contributed by atoms with E-state index in [2.05, 4.69) is 16.0 Å². The molecule has 30 heavy (non-hydrogen) atoms. The van der Waals surface area contributed by atoms with Gasteiger partial charge in [-0.05, 0) is 37.3 Å². The number of hydrogen-bond acceptors (Lipinski definition) is 6. The molecule has 1 aromatic rings. The maximum atomic E-state index is 12.6. The van der Waals surface area contributed by atoms with Gasteiger partial charge in [0.05, 0.1) is 11.5 Å². The van der Waals surface area contributed by atoms with Crippen molar-refractivity contribution in [1.82, 2.24) is 16.0 Å². The Morgan fingerprint density at radius 1 is 1.23 bits per heavy atom. The van der Waals surface area contributed by atoms with Gasteiger partial charge in [-0.1, -0.05) is 25.3 Å². The van der Waals surface area contributed by atoms with Gasteiger partial charge in [0.15, 0.2) is 0 Å². The Morgan fingerprint density at radius 3 is 2.63 bits per heavy atom. The monoisotopic (exact) mass is 436 g/mol. The van der Waals surface area contributed by atoms with E-state index < -0.39 is 22.8 Å². The van der Waals surface area contributed by atoms with E-state index in [1.54, 1.807) is 0 Å². The van der Waals surface area contributed by atoms with Crippen LogP contribution in [0.1, 0.15) is 48.9 Å². The molecule has 3 N–H and O–H groups in total. The number of nitro benzene ring substituents is 1. The van der Waals surface area contributed by atoms with E-state index in [1.165, 1.54) is 36.4 Å². The summed E-state index contributed by atoms with van der Waals surface area (Å²) in [5.74, 6) is -0.654. The van der Waals surface area contributed by atoms with Crippen molar-refractivity contribution in [2.24, 2.45) is 0 Å². The average molecular weight is 437 g/mol. The first-order valence-electron chi connectivity index (χ1n) is 10.0. The number of nitrogens with one attached hydrogen (secondary N) is 3. The Hall–Kier alpha value is -2.62. The van der Waals surface area contributed by atoms with E-state index in [1.807, 2.05) is 6.26 Å². The van der Waals surface area contributed by atoms with Gasteiger partial charge in [-0.3, -0.25) is 24.5 Å². The number of rotatable bonds is 10. The van der Waals surface area contributed by atoms with Crippen LogP contribution >= 0.6 is 11.8 Å². The smallest absolute Gasteiger partial charge is 0.270 e. The van der Waals surface area contributed by atoms with Crippen LogP contribution in [-0.2, 0) is 9.59 Å². The van der Waals surface area contributed by atoms with Crippen LogP contribution in [0.2, 0.25) is 0 Å². The summed E-state index contributed by atoms with van der Waals surface area (Å²) in [4.78, 5) is 47.5. The predicted molar refractivity (Wildman–Crippen MR) is 115 cm³/mol. The molecule has 0 saturated heterocycles. The Kier molecular flexibility index (Phi) is 9.59. The van der Waals surface area contributed by atoms with Crippen molar-refractivity contribution >= 4 is 35.2 Å². The number of thioether (sulfide) groups is 1. The third-order valence-corrected chi connectivity index (χ3v) is 5.59. The molecule has 9 nitrogen and oxygen atoms in total. The summed E-state index contributed by atoms with van der Waals surface area (Å²) in [6.07, 6.45) is 7.54.